The van der Waals surface area contributed by atoms with Crippen LogP contribution in [0.5, 0.6) is 0 Å². The summed E-state index contributed by atoms with van der Waals surface area (Å²) in [5, 5.41) is 20.9. The van der Waals surface area contributed by atoms with Gasteiger partial charge in [-0.1, -0.05) is 42.1 Å². The van der Waals surface area contributed by atoms with Gasteiger partial charge in [0.1, 0.15) is 5.82 Å². The van der Waals surface area contributed by atoms with Crippen molar-refractivity contribution >= 4 is 23.4 Å². The molecule has 0 saturated heterocycles. The Morgan fingerprint density at radius 3 is 2.56 bits per heavy atom. The molecule has 0 bridgehead atoms. The molecule has 7 heteroatoms. The van der Waals surface area contributed by atoms with Crippen molar-refractivity contribution in [1.82, 2.24) is 14.8 Å². The summed E-state index contributed by atoms with van der Waals surface area (Å²) in [7, 11) is 0. The lowest BCUT2D eigenvalue weighted by Gasteiger charge is -2.08. The van der Waals surface area contributed by atoms with Gasteiger partial charge in [0.2, 0.25) is 5.91 Å². The molecule has 0 aliphatic heterocycles. The van der Waals surface area contributed by atoms with Gasteiger partial charge in [0.25, 0.3) is 0 Å². The summed E-state index contributed by atoms with van der Waals surface area (Å²) < 4.78 is 2.03. The summed E-state index contributed by atoms with van der Waals surface area (Å²) in [5.41, 5.74) is 2.40. The van der Waals surface area contributed by atoms with E-state index in [4.69, 9.17) is 5.26 Å². The second-order valence-electron chi connectivity index (χ2n) is 5.83. The zero-order valence-electron chi connectivity index (χ0n) is 14.9. The van der Waals surface area contributed by atoms with Gasteiger partial charge < -0.3 is 9.88 Å². The summed E-state index contributed by atoms with van der Waals surface area (Å²) in [4.78, 5) is 12.2. The Kier molecular flexibility index (Phi) is 6.23. The molecule has 136 valence electrons. The first-order valence-electron chi connectivity index (χ1n) is 8.58. The fraction of sp³-hybridized carbons (Fsp3) is 0.200. The van der Waals surface area contributed by atoms with Crippen LogP contribution in [0.3, 0.4) is 0 Å². The van der Waals surface area contributed by atoms with Crippen LogP contribution in [0.25, 0.3) is 0 Å². The van der Waals surface area contributed by atoms with Crippen LogP contribution in [-0.4, -0.2) is 26.4 Å². The third kappa shape index (κ3) is 4.96. The second kappa shape index (κ2) is 9.01. The first kappa shape index (κ1) is 18.7. The summed E-state index contributed by atoms with van der Waals surface area (Å²) in [5.74, 6) is 1.00. The number of nitriles is 1. The maximum Gasteiger partial charge on any atom is 0.234 e. The quantitative estimate of drug-likeness (QED) is 0.637. The molecule has 1 N–H and O–H groups in total. The molecular formula is C20H19N5OS. The van der Waals surface area contributed by atoms with Crippen molar-refractivity contribution in [3.05, 3.63) is 71.5 Å². The van der Waals surface area contributed by atoms with E-state index in [-0.39, 0.29) is 11.7 Å². The fourth-order valence-electron chi connectivity index (χ4n) is 2.61. The van der Waals surface area contributed by atoms with Gasteiger partial charge in [-0.25, -0.2) is 0 Å². The minimum absolute atomic E-state index is 0.125. The van der Waals surface area contributed by atoms with Crippen molar-refractivity contribution in [3.8, 4) is 6.07 Å². The highest BCUT2D eigenvalue weighted by Gasteiger charge is 2.13. The molecule has 0 atom stereocenters. The largest absolute Gasteiger partial charge is 0.325 e. The van der Waals surface area contributed by atoms with E-state index in [1.54, 1.807) is 24.3 Å². The van der Waals surface area contributed by atoms with E-state index in [1.807, 2.05) is 29.7 Å². The van der Waals surface area contributed by atoms with Crippen molar-refractivity contribution in [1.29, 1.82) is 5.26 Å². The van der Waals surface area contributed by atoms with Gasteiger partial charge in [-0.2, -0.15) is 5.26 Å². The first-order valence-corrected chi connectivity index (χ1v) is 9.57. The van der Waals surface area contributed by atoms with Gasteiger partial charge in [0.05, 0.1) is 17.4 Å². The topological polar surface area (TPSA) is 83.6 Å². The van der Waals surface area contributed by atoms with Gasteiger partial charge in [0.15, 0.2) is 5.16 Å². The maximum absolute atomic E-state index is 12.2. The number of anilines is 1. The monoisotopic (exact) mass is 377 g/mol. The smallest absolute Gasteiger partial charge is 0.234 e. The van der Waals surface area contributed by atoms with Gasteiger partial charge in [-0.05, 0) is 36.8 Å². The Morgan fingerprint density at radius 1 is 1.15 bits per heavy atom. The SMILES string of the molecule is CCn1c(Cc2ccccc2)nnc1SCC(=O)Nc1ccc(C#N)cc1. The lowest BCUT2D eigenvalue weighted by Crippen LogP contribution is -2.14. The number of hydrogen-bond acceptors (Lipinski definition) is 5. The molecule has 2 aromatic carbocycles. The third-order valence-corrected chi connectivity index (χ3v) is 4.91. The number of hydrogen-bond donors (Lipinski definition) is 1. The van der Waals surface area contributed by atoms with Crippen molar-refractivity contribution in [3.63, 3.8) is 0 Å². The maximum atomic E-state index is 12.2. The first-order chi connectivity index (χ1) is 13.2. The lowest BCUT2D eigenvalue weighted by atomic mass is 10.1. The molecule has 0 radical (unpaired) electrons. The lowest BCUT2D eigenvalue weighted by molar-refractivity contribution is -0.113. The van der Waals surface area contributed by atoms with Crippen LogP contribution in [0.2, 0.25) is 0 Å². The highest BCUT2D eigenvalue weighted by Crippen LogP contribution is 2.19. The highest BCUT2D eigenvalue weighted by atomic mass is 32.2. The molecule has 0 saturated carbocycles. The molecule has 3 rings (SSSR count). The van der Waals surface area contributed by atoms with Gasteiger partial charge >= 0.3 is 0 Å². The van der Waals surface area contributed by atoms with E-state index in [0.717, 1.165) is 17.5 Å². The number of amides is 1. The standard InChI is InChI=1S/C20H19N5OS/c1-2-25-18(12-15-6-4-3-5-7-15)23-24-20(25)27-14-19(26)22-17-10-8-16(13-21)9-11-17/h3-11H,2,12,14H2,1H3,(H,22,26). The molecule has 1 amide bonds. The number of aromatic nitrogens is 3. The Morgan fingerprint density at radius 2 is 1.89 bits per heavy atom. The molecular weight excluding hydrogens is 358 g/mol. The number of nitrogens with zero attached hydrogens (tertiary/aromatic N) is 4. The Labute approximate surface area is 162 Å². The molecule has 3 aromatic rings. The zero-order valence-corrected chi connectivity index (χ0v) is 15.7. The van der Waals surface area contributed by atoms with Crippen molar-refractivity contribution < 1.29 is 4.79 Å². The Bertz CT molecular complexity index is 945. The van der Waals surface area contributed by atoms with Gasteiger partial charge in [-0.3, -0.25) is 4.79 Å². The van der Waals surface area contributed by atoms with Crippen LogP contribution in [0.4, 0.5) is 5.69 Å². The van der Waals surface area contributed by atoms with Crippen LogP contribution in [0.15, 0.2) is 59.8 Å². The van der Waals surface area contributed by atoms with E-state index in [0.29, 0.717) is 17.7 Å². The van der Waals surface area contributed by atoms with E-state index >= 15 is 0 Å². The average molecular weight is 377 g/mol. The van der Waals surface area contributed by atoms with E-state index in [2.05, 4.69) is 33.7 Å². The van der Waals surface area contributed by atoms with Gasteiger partial charge in [0, 0.05) is 18.7 Å². The summed E-state index contributed by atoms with van der Waals surface area (Å²) in [6.07, 6.45) is 0.708. The number of carbonyl (C=O) groups excluding carboxylic acids is 1. The molecule has 0 aliphatic rings. The fourth-order valence-corrected chi connectivity index (χ4v) is 3.43. The van der Waals surface area contributed by atoms with Crippen LogP contribution < -0.4 is 5.32 Å². The molecule has 1 aromatic heterocycles. The van der Waals surface area contributed by atoms with Crippen LogP contribution in [0, 0.1) is 11.3 Å². The number of thioether (sulfide) groups is 1. The van der Waals surface area contributed by atoms with E-state index < -0.39 is 0 Å². The Balaban J connectivity index is 1.60. The molecule has 0 unspecified atom stereocenters. The normalized spacial score (nSPS) is 10.4. The zero-order chi connectivity index (χ0) is 19.1. The molecule has 0 aliphatic carbocycles. The number of carbonyl (C=O) groups is 1. The predicted molar refractivity (Wildman–Crippen MR) is 105 cm³/mol. The number of nitrogens with one attached hydrogen (secondary N) is 1. The number of rotatable bonds is 7. The summed E-state index contributed by atoms with van der Waals surface area (Å²) in [6, 6.07) is 19.0. The van der Waals surface area contributed by atoms with Crippen LogP contribution in [0.1, 0.15) is 23.9 Å². The van der Waals surface area contributed by atoms with E-state index in [9.17, 15) is 4.79 Å². The van der Waals surface area contributed by atoms with E-state index in [1.165, 1.54) is 17.3 Å². The highest BCUT2D eigenvalue weighted by molar-refractivity contribution is 7.99. The van der Waals surface area contributed by atoms with Crippen LogP contribution in [-0.2, 0) is 17.8 Å². The molecule has 0 spiro atoms. The number of benzene rings is 2. The van der Waals surface area contributed by atoms with Gasteiger partial charge in [-0.15, -0.1) is 10.2 Å². The predicted octanol–water partition coefficient (Wildman–Crippen LogP) is 3.49. The van der Waals surface area contributed by atoms with Crippen molar-refractivity contribution in [2.24, 2.45) is 0 Å². The molecule has 6 nitrogen and oxygen atoms in total. The molecule has 27 heavy (non-hydrogen) atoms. The Hall–Kier alpha value is -3.11. The molecule has 0 fully saturated rings. The minimum atomic E-state index is -0.125. The van der Waals surface area contributed by atoms with Crippen LogP contribution >= 0.6 is 11.8 Å². The molecule has 1 heterocycles. The third-order valence-electron chi connectivity index (χ3n) is 3.94. The average Bonchev–Trinajstić information content (AvgIpc) is 3.09. The van der Waals surface area contributed by atoms with Crippen molar-refractivity contribution in [2.75, 3.05) is 11.1 Å². The minimum Gasteiger partial charge on any atom is -0.325 e. The second-order valence-corrected chi connectivity index (χ2v) is 6.77. The van der Waals surface area contributed by atoms with Crippen molar-refractivity contribution in [2.45, 2.75) is 25.0 Å². The summed E-state index contributed by atoms with van der Waals surface area (Å²) in [6.45, 7) is 2.79. The summed E-state index contributed by atoms with van der Waals surface area (Å²) >= 11 is 1.36.